The Kier molecular flexibility index (Phi) is 5.11. The van der Waals surface area contributed by atoms with Crippen molar-refractivity contribution in [2.24, 2.45) is 0 Å². The first-order chi connectivity index (χ1) is 12.1. The standard InChI is InChI=1S/C18H15ClFN3O2/c1-12-16(18(24)22-25-11-13-5-3-2-4-6-13)17(19)23(21-12)15-9-7-14(20)8-10-15/h2-10H,11H2,1H3,(H,22,24). The molecule has 25 heavy (non-hydrogen) atoms. The predicted octanol–water partition coefficient (Wildman–Crippen LogP) is 3.83. The highest BCUT2D eigenvalue weighted by atomic mass is 35.5. The van der Waals surface area contributed by atoms with Crippen LogP contribution in [0.25, 0.3) is 5.69 Å². The molecular formula is C18H15ClFN3O2. The van der Waals surface area contributed by atoms with E-state index in [9.17, 15) is 9.18 Å². The van der Waals surface area contributed by atoms with Crippen molar-refractivity contribution in [3.8, 4) is 5.69 Å². The normalized spacial score (nSPS) is 10.7. The molecule has 0 aliphatic rings. The third-order valence-corrected chi connectivity index (χ3v) is 3.90. The summed E-state index contributed by atoms with van der Waals surface area (Å²) in [5.41, 5.74) is 4.49. The highest BCUT2D eigenvalue weighted by Gasteiger charge is 2.21. The Morgan fingerprint density at radius 1 is 1.20 bits per heavy atom. The summed E-state index contributed by atoms with van der Waals surface area (Å²) in [5.74, 6) is -0.858. The van der Waals surface area contributed by atoms with E-state index < -0.39 is 5.91 Å². The average molecular weight is 360 g/mol. The first-order valence-corrected chi connectivity index (χ1v) is 7.91. The first kappa shape index (κ1) is 17.1. The molecule has 0 aliphatic heterocycles. The number of nitrogens with zero attached hydrogens (tertiary/aromatic N) is 2. The van der Waals surface area contributed by atoms with E-state index in [0.717, 1.165) is 5.56 Å². The van der Waals surface area contributed by atoms with Crippen LogP contribution in [0.15, 0.2) is 54.6 Å². The molecule has 0 aliphatic carbocycles. The lowest BCUT2D eigenvalue weighted by Gasteiger charge is -2.06. The van der Waals surface area contributed by atoms with Crippen LogP contribution >= 0.6 is 11.6 Å². The molecule has 0 saturated heterocycles. The van der Waals surface area contributed by atoms with Gasteiger partial charge in [-0.05, 0) is 36.8 Å². The summed E-state index contributed by atoms with van der Waals surface area (Å²) in [4.78, 5) is 17.6. The number of hydroxylamine groups is 1. The molecule has 1 amide bonds. The summed E-state index contributed by atoms with van der Waals surface area (Å²) < 4.78 is 14.4. The summed E-state index contributed by atoms with van der Waals surface area (Å²) in [5, 5.41) is 4.37. The predicted molar refractivity (Wildman–Crippen MR) is 92.0 cm³/mol. The molecule has 3 aromatic rings. The number of hydrogen-bond donors (Lipinski definition) is 1. The van der Waals surface area contributed by atoms with Gasteiger partial charge in [-0.3, -0.25) is 9.63 Å². The molecule has 1 N–H and O–H groups in total. The van der Waals surface area contributed by atoms with Gasteiger partial charge in [0.15, 0.2) is 0 Å². The smallest absolute Gasteiger partial charge is 0.269 e. The summed E-state index contributed by atoms with van der Waals surface area (Å²) in [7, 11) is 0. The molecule has 3 rings (SSSR count). The van der Waals surface area contributed by atoms with Crippen LogP contribution in [0, 0.1) is 12.7 Å². The highest BCUT2D eigenvalue weighted by molar-refractivity contribution is 6.33. The van der Waals surface area contributed by atoms with Crippen LogP contribution in [-0.2, 0) is 11.4 Å². The second-order valence-electron chi connectivity index (χ2n) is 5.34. The number of hydrogen-bond acceptors (Lipinski definition) is 3. The SMILES string of the molecule is Cc1nn(-c2ccc(F)cc2)c(Cl)c1C(=O)NOCc1ccccc1. The van der Waals surface area contributed by atoms with Crippen molar-refractivity contribution >= 4 is 17.5 Å². The average Bonchev–Trinajstić information content (AvgIpc) is 2.91. The molecular weight excluding hydrogens is 345 g/mol. The van der Waals surface area contributed by atoms with Crippen molar-refractivity contribution < 1.29 is 14.0 Å². The van der Waals surface area contributed by atoms with Crippen LogP contribution in [0.1, 0.15) is 21.6 Å². The van der Waals surface area contributed by atoms with E-state index in [4.69, 9.17) is 16.4 Å². The van der Waals surface area contributed by atoms with Gasteiger partial charge in [-0.2, -0.15) is 5.10 Å². The maximum atomic E-state index is 13.1. The van der Waals surface area contributed by atoms with Gasteiger partial charge in [0, 0.05) is 0 Å². The van der Waals surface area contributed by atoms with Gasteiger partial charge >= 0.3 is 0 Å². The third-order valence-electron chi connectivity index (χ3n) is 3.55. The van der Waals surface area contributed by atoms with Gasteiger partial charge in [0.25, 0.3) is 5.91 Å². The fourth-order valence-corrected chi connectivity index (χ4v) is 2.68. The Hall–Kier alpha value is -2.70. The largest absolute Gasteiger partial charge is 0.279 e. The third kappa shape index (κ3) is 3.87. The molecule has 7 heteroatoms. The van der Waals surface area contributed by atoms with Gasteiger partial charge in [-0.15, -0.1) is 0 Å². The van der Waals surface area contributed by atoms with Gasteiger partial charge in [0.05, 0.1) is 18.0 Å². The number of carbonyl (C=O) groups is 1. The van der Waals surface area contributed by atoms with Crippen molar-refractivity contribution in [2.45, 2.75) is 13.5 Å². The van der Waals surface area contributed by atoms with Crippen molar-refractivity contribution in [2.75, 3.05) is 0 Å². The number of nitrogens with one attached hydrogen (secondary N) is 1. The van der Waals surface area contributed by atoms with E-state index in [0.29, 0.717) is 11.4 Å². The van der Waals surface area contributed by atoms with E-state index in [-0.39, 0.29) is 23.1 Å². The molecule has 5 nitrogen and oxygen atoms in total. The molecule has 0 bridgehead atoms. The summed E-state index contributed by atoms with van der Waals surface area (Å²) >= 11 is 6.29. The monoisotopic (exact) mass is 359 g/mol. The Bertz CT molecular complexity index is 879. The topological polar surface area (TPSA) is 56.2 Å². The number of aromatic nitrogens is 2. The number of amides is 1. The molecule has 0 atom stereocenters. The summed E-state index contributed by atoms with van der Waals surface area (Å²) in [6.45, 7) is 1.90. The first-order valence-electron chi connectivity index (χ1n) is 7.53. The van der Waals surface area contributed by atoms with Crippen molar-refractivity contribution in [3.05, 3.63) is 82.4 Å². The lowest BCUT2D eigenvalue weighted by atomic mass is 10.2. The van der Waals surface area contributed by atoms with Gasteiger partial charge in [0.2, 0.25) is 0 Å². The molecule has 0 radical (unpaired) electrons. The van der Waals surface area contributed by atoms with Crippen molar-refractivity contribution in [1.82, 2.24) is 15.3 Å². The number of halogens is 2. The molecule has 1 heterocycles. The van der Waals surface area contributed by atoms with Gasteiger partial charge in [-0.1, -0.05) is 41.9 Å². The van der Waals surface area contributed by atoms with E-state index >= 15 is 0 Å². The minimum Gasteiger partial charge on any atom is -0.269 e. The summed E-state index contributed by atoms with van der Waals surface area (Å²) in [6.07, 6.45) is 0. The molecule has 0 saturated carbocycles. The number of aryl methyl sites for hydroxylation is 1. The van der Waals surface area contributed by atoms with Crippen LogP contribution in [0.5, 0.6) is 0 Å². The van der Waals surface area contributed by atoms with Gasteiger partial charge in [-0.25, -0.2) is 14.6 Å². The number of carbonyl (C=O) groups excluding carboxylic acids is 1. The second-order valence-corrected chi connectivity index (χ2v) is 5.70. The van der Waals surface area contributed by atoms with Gasteiger partial charge in [0.1, 0.15) is 16.5 Å². The lowest BCUT2D eigenvalue weighted by molar-refractivity contribution is 0.0233. The molecule has 0 unspecified atom stereocenters. The van der Waals surface area contributed by atoms with E-state index in [2.05, 4.69) is 10.6 Å². The van der Waals surface area contributed by atoms with Crippen molar-refractivity contribution in [1.29, 1.82) is 0 Å². The van der Waals surface area contributed by atoms with Crippen LogP contribution in [0.4, 0.5) is 4.39 Å². The van der Waals surface area contributed by atoms with E-state index in [1.807, 2.05) is 30.3 Å². The molecule has 0 fully saturated rings. The molecule has 0 spiro atoms. The number of benzene rings is 2. The minimum absolute atomic E-state index is 0.130. The zero-order valence-electron chi connectivity index (χ0n) is 13.4. The fraction of sp³-hybridized carbons (Fsp3) is 0.111. The van der Waals surface area contributed by atoms with Crippen LogP contribution in [0.3, 0.4) is 0 Å². The molecule has 2 aromatic carbocycles. The Morgan fingerprint density at radius 3 is 2.56 bits per heavy atom. The highest BCUT2D eigenvalue weighted by Crippen LogP contribution is 2.23. The Morgan fingerprint density at radius 2 is 1.88 bits per heavy atom. The maximum absolute atomic E-state index is 13.1. The quantitative estimate of drug-likeness (QED) is 0.704. The lowest BCUT2D eigenvalue weighted by Crippen LogP contribution is -2.24. The van der Waals surface area contributed by atoms with Gasteiger partial charge < -0.3 is 0 Å². The maximum Gasteiger partial charge on any atom is 0.279 e. The Balaban J connectivity index is 1.73. The second kappa shape index (κ2) is 7.46. The number of rotatable bonds is 5. The van der Waals surface area contributed by atoms with Crippen molar-refractivity contribution in [3.63, 3.8) is 0 Å². The molecule has 1 aromatic heterocycles. The molecule has 128 valence electrons. The van der Waals surface area contributed by atoms with Crippen LogP contribution < -0.4 is 5.48 Å². The fourth-order valence-electron chi connectivity index (χ4n) is 2.32. The van der Waals surface area contributed by atoms with Crippen LogP contribution in [-0.4, -0.2) is 15.7 Å². The summed E-state index contributed by atoms with van der Waals surface area (Å²) in [6, 6.07) is 15.1. The van der Waals surface area contributed by atoms with Crippen LogP contribution in [0.2, 0.25) is 5.15 Å². The Labute approximate surface area is 148 Å². The zero-order chi connectivity index (χ0) is 17.8. The zero-order valence-corrected chi connectivity index (χ0v) is 14.1. The van der Waals surface area contributed by atoms with E-state index in [1.54, 1.807) is 6.92 Å². The minimum atomic E-state index is -0.494. The van der Waals surface area contributed by atoms with E-state index in [1.165, 1.54) is 28.9 Å².